The first-order valence-corrected chi connectivity index (χ1v) is 10.5. The molecule has 1 N–H and O–H groups in total. The van der Waals surface area contributed by atoms with Gasteiger partial charge in [-0.25, -0.2) is 9.78 Å². The molecule has 0 saturated carbocycles. The molecule has 0 unspecified atom stereocenters. The lowest BCUT2D eigenvalue weighted by Gasteiger charge is -2.45. The highest BCUT2D eigenvalue weighted by Gasteiger charge is 2.43. The Kier molecular flexibility index (Phi) is 5.53. The molecule has 28 heavy (non-hydrogen) atoms. The van der Waals surface area contributed by atoms with Crippen LogP contribution in [0.3, 0.4) is 0 Å². The Hall–Kier alpha value is -2.15. The molecule has 7 heteroatoms. The van der Waals surface area contributed by atoms with Gasteiger partial charge in [-0.1, -0.05) is 6.07 Å². The highest BCUT2D eigenvalue weighted by Crippen LogP contribution is 2.44. The molecular weight excluding hydrogens is 356 g/mol. The Morgan fingerprint density at radius 2 is 2.04 bits per heavy atom. The summed E-state index contributed by atoms with van der Waals surface area (Å²) < 4.78 is 5.11. The molecule has 2 amide bonds. The summed E-state index contributed by atoms with van der Waals surface area (Å²) in [6, 6.07) is 4.10. The van der Waals surface area contributed by atoms with Crippen molar-refractivity contribution in [1.29, 1.82) is 0 Å². The molecule has 4 rings (SSSR count). The molecule has 3 aliphatic heterocycles. The summed E-state index contributed by atoms with van der Waals surface area (Å²) in [5, 5.41) is 2.92. The number of fused-ring (bicyclic) bond motifs is 2. The van der Waals surface area contributed by atoms with Gasteiger partial charge in [0.05, 0.1) is 6.61 Å². The number of likely N-dealkylation sites (tertiary alicyclic amines) is 2. The van der Waals surface area contributed by atoms with Crippen molar-refractivity contribution in [1.82, 2.24) is 14.8 Å². The van der Waals surface area contributed by atoms with Crippen LogP contribution in [0.25, 0.3) is 0 Å². The van der Waals surface area contributed by atoms with Crippen LogP contribution >= 0.6 is 0 Å². The summed E-state index contributed by atoms with van der Waals surface area (Å²) in [4.78, 5) is 32.8. The van der Waals surface area contributed by atoms with Gasteiger partial charge in [0.1, 0.15) is 5.82 Å². The number of nitrogens with one attached hydrogen (secondary N) is 1. The zero-order valence-corrected chi connectivity index (χ0v) is 16.7. The van der Waals surface area contributed by atoms with Crippen molar-refractivity contribution in [3.8, 4) is 0 Å². The summed E-state index contributed by atoms with van der Waals surface area (Å²) in [6.45, 7) is 6.97. The van der Waals surface area contributed by atoms with Gasteiger partial charge in [-0.05, 0) is 57.7 Å². The average Bonchev–Trinajstić information content (AvgIpc) is 2.70. The minimum atomic E-state index is -0.177. The summed E-state index contributed by atoms with van der Waals surface area (Å²) in [5.74, 6) is 1.47. The van der Waals surface area contributed by atoms with Crippen molar-refractivity contribution in [2.45, 2.75) is 44.4 Å². The van der Waals surface area contributed by atoms with Crippen LogP contribution in [0.1, 0.15) is 44.6 Å². The summed E-state index contributed by atoms with van der Waals surface area (Å²) in [7, 11) is 0. The van der Waals surface area contributed by atoms with Crippen LogP contribution in [-0.2, 0) is 14.9 Å². The molecule has 0 bridgehead atoms. The summed E-state index contributed by atoms with van der Waals surface area (Å²) in [5.41, 5.74) is 1.15. The van der Waals surface area contributed by atoms with Crippen LogP contribution in [0.15, 0.2) is 18.3 Å². The number of ether oxygens (including phenoxy) is 1. The van der Waals surface area contributed by atoms with E-state index in [1.54, 1.807) is 6.20 Å². The largest absolute Gasteiger partial charge is 0.450 e. The number of hydrogen-bond donors (Lipinski definition) is 1. The Balaban J connectivity index is 1.31. The Morgan fingerprint density at radius 3 is 2.75 bits per heavy atom. The fraction of sp³-hybridized carbons (Fsp3) is 0.667. The fourth-order valence-electron chi connectivity index (χ4n) is 5.00. The lowest BCUT2D eigenvalue weighted by molar-refractivity contribution is -0.118. The van der Waals surface area contributed by atoms with Gasteiger partial charge in [0, 0.05) is 43.2 Å². The number of piperidine rings is 2. The maximum atomic E-state index is 12.2. The minimum absolute atomic E-state index is 0.0598. The zero-order chi connectivity index (χ0) is 19.6. The molecule has 1 aromatic rings. The van der Waals surface area contributed by atoms with E-state index in [4.69, 9.17) is 4.74 Å². The van der Waals surface area contributed by atoms with Gasteiger partial charge in [-0.3, -0.25) is 4.79 Å². The SMILES string of the molecule is CCOC(=O)N1CCC(CN2CCC3(CC2)CC(=O)Nc2ncccc23)CC1. The Morgan fingerprint density at radius 1 is 1.29 bits per heavy atom. The van der Waals surface area contributed by atoms with Gasteiger partial charge in [0.15, 0.2) is 0 Å². The molecule has 7 nitrogen and oxygen atoms in total. The van der Waals surface area contributed by atoms with Gasteiger partial charge in [-0.15, -0.1) is 0 Å². The highest BCUT2D eigenvalue weighted by atomic mass is 16.6. The molecule has 0 radical (unpaired) electrons. The van der Waals surface area contributed by atoms with E-state index in [1.165, 1.54) is 5.56 Å². The van der Waals surface area contributed by atoms with Crippen molar-refractivity contribution in [3.05, 3.63) is 23.9 Å². The van der Waals surface area contributed by atoms with Gasteiger partial charge < -0.3 is 19.9 Å². The number of pyridine rings is 1. The number of aromatic nitrogens is 1. The third-order valence-corrected chi connectivity index (χ3v) is 6.61. The van der Waals surface area contributed by atoms with Crippen molar-refractivity contribution in [2.75, 3.05) is 44.6 Å². The van der Waals surface area contributed by atoms with Crippen LogP contribution < -0.4 is 5.32 Å². The number of carbonyl (C=O) groups excluding carboxylic acids is 2. The normalized spacial score (nSPS) is 22.6. The van der Waals surface area contributed by atoms with Crippen molar-refractivity contribution < 1.29 is 14.3 Å². The van der Waals surface area contributed by atoms with Crippen LogP contribution in [0.4, 0.5) is 10.6 Å². The minimum Gasteiger partial charge on any atom is -0.450 e. The molecular formula is C21H30N4O3. The number of carbonyl (C=O) groups is 2. The molecule has 1 aromatic heterocycles. The third kappa shape index (κ3) is 3.85. The Labute approximate surface area is 166 Å². The topological polar surface area (TPSA) is 74.8 Å². The number of nitrogens with zero attached hydrogens (tertiary/aromatic N) is 3. The van der Waals surface area contributed by atoms with E-state index in [-0.39, 0.29) is 17.4 Å². The van der Waals surface area contributed by atoms with E-state index in [0.29, 0.717) is 18.9 Å². The molecule has 2 saturated heterocycles. The molecule has 0 aliphatic carbocycles. The predicted octanol–water partition coefficient (Wildman–Crippen LogP) is 2.63. The number of amides is 2. The molecule has 0 aromatic carbocycles. The summed E-state index contributed by atoms with van der Waals surface area (Å²) >= 11 is 0. The second kappa shape index (κ2) is 8.07. The average molecular weight is 386 g/mol. The van der Waals surface area contributed by atoms with Crippen LogP contribution in [0.5, 0.6) is 0 Å². The molecule has 2 fully saturated rings. The molecule has 4 heterocycles. The third-order valence-electron chi connectivity index (χ3n) is 6.61. The first-order chi connectivity index (χ1) is 13.6. The van der Waals surface area contributed by atoms with Gasteiger partial charge in [0.25, 0.3) is 0 Å². The number of anilines is 1. The Bertz CT molecular complexity index is 722. The highest BCUT2D eigenvalue weighted by molar-refractivity contribution is 5.94. The zero-order valence-electron chi connectivity index (χ0n) is 16.7. The number of rotatable bonds is 3. The van der Waals surface area contributed by atoms with E-state index < -0.39 is 0 Å². The second-order valence-corrected chi connectivity index (χ2v) is 8.33. The van der Waals surface area contributed by atoms with Gasteiger partial charge >= 0.3 is 6.09 Å². The van der Waals surface area contributed by atoms with Gasteiger partial charge in [0.2, 0.25) is 5.91 Å². The van der Waals surface area contributed by atoms with Crippen LogP contribution in [-0.4, -0.2) is 66.1 Å². The van der Waals surface area contributed by atoms with Crippen LogP contribution in [0, 0.1) is 5.92 Å². The first kappa shape index (κ1) is 19.2. The maximum absolute atomic E-state index is 12.2. The molecule has 152 valence electrons. The van der Waals surface area contributed by atoms with Crippen LogP contribution in [0.2, 0.25) is 0 Å². The molecule has 1 spiro atoms. The monoisotopic (exact) mass is 386 g/mol. The van der Waals surface area contributed by atoms with E-state index in [9.17, 15) is 9.59 Å². The van der Waals surface area contributed by atoms with E-state index in [1.807, 2.05) is 17.9 Å². The lowest BCUT2D eigenvalue weighted by atomic mass is 9.69. The van der Waals surface area contributed by atoms with E-state index in [2.05, 4.69) is 21.3 Å². The number of hydrogen-bond acceptors (Lipinski definition) is 5. The smallest absolute Gasteiger partial charge is 0.409 e. The van der Waals surface area contributed by atoms with Crippen molar-refractivity contribution in [2.24, 2.45) is 5.92 Å². The quantitative estimate of drug-likeness (QED) is 0.864. The standard InChI is InChI=1S/C21H30N4O3/c1-2-28-20(27)25-10-5-16(6-11-25)15-24-12-7-21(8-13-24)14-18(26)23-19-17(21)4-3-9-22-19/h3-4,9,16H,2,5-8,10-15H2,1H3,(H,22,23,26). The second-order valence-electron chi connectivity index (χ2n) is 8.33. The van der Waals surface area contributed by atoms with Gasteiger partial charge in [-0.2, -0.15) is 0 Å². The molecule has 0 atom stereocenters. The van der Waals surface area contributed by atoms with E-state index in [0.717, 1.165) is 64.2 Å². The molecule has 3 aliphatic rings. The lowest BCUT2D eigenvalue weighted by Crippen LogP contribution is -2.49. The summed E-state index contributed by atoms with van der Waals surface area (Å²) in [6.07, 6.45) is 6.21. The fourth-order valence-corrected chi connectivity index (χ4v) is 5.00. The van der Waals surface area contributed by atoms with Crippen molar-refractivity contribution >= 4 is 17.8 Å². The van der Waals surface area contributed by atoms with Crippen molar-refractivity contribution in [3.63, 3.8) is 0 Å². The van der Waals surface area contributed by atoms with E-state index >= 15 is 0 Å². The maximum Gasteiger partial charge on any atom is 0.409 e. The predicted molar refractivity (Wildman–Crippen MR) is 106 cm³/mol. The first-order valence-electron chi connectivity index (χ1n) is 10.5.